The largest absolute Gasteiger partial charge is 0.449 e. The molecule has 2 heterocycles. The molecule has 2 atom stereocenters. The lowest BCUT2D eigenvalue weighted by Crippen LogP contribution is -2.44. The SMILES string of the molecule is N#C[C@H]1CN(C(=O)OCCC2CC2)CC[C@@H]1n1cc(C(N)=O)c(Nc2ccc(F)cc2)n1. The number of aromatic nitrogens is 2. The third-order valence-corrected chi connectivity index (χ3v) is 5.89. The Morgan fingerprint density at radius 2 is 2.03 bits per heavy atom. The fourth-order valence-electron chi connectivity index (χ4n) is 3.86. The van der Waals surface area contributed by atoms with E-state index in [1.807, 2.05) is 0 Å². The number of primary amides is 1. The van der Waals surface area contributed by atoms with Crippen LogP contribution in [0.2, 0.25) is 0 Å². The van der Waals surface area contributed by atoms with E-state index in [1.54, 1.807) is 9.58 Å². The molecule has 2 fully saturated rings. The average molecular weight is 440 g/mol. The number of amides is 2. The highest BCUT2D eigenvalue weighted by Crippen LogP contribution is 2.33. The first-order valence-electron chi connectivity index (χ1n) is 10.7. The molecule has 3 N–H and O–H groups in total. The van der Waals surface area contributed by atoms with E-state index in [1.165, 1.54) is 43.3 Å². The summed E-state index contributed by atoms with van der Waals surface area (Å²) < 4.78 is 20.1. The van der Waals surface area contributed by atoms with Gasteiger partial charge >= 0.3 is 6.09 Å². The molecule has 1 aliphatic heterocycles. The highest BCUT2D eigenvalue weighted by molar-refractivity contribution is 5.98. The molecular formula is C22H25FN6O3. The smallest absolute Gasteiger partial charge is 0.409 e. The van der Waals surface area contributed by atoms with Crippen LogP contribution in [0, 0.1) is 29.0 Å². The molecule has 1 saturated heterocycles. The van der Waals surface area contributed by atoms with Gasteiger partial charge in [0.25, 0.3) is 5.91 Å². The third kappa shape index (κ3) is 4.99. The van der Waals surface area contributed by atoms with E-state index >= 15 is 0 Å². The van der Waals surface area contributed by atoms with E-state index in [-0.39, 0.29) is 29.8 Å². The van der Waals surface area contributed by atoms with Crippen molar-refractivity contribution in [2.75, 3.05) is 25.0 Å². The van der Waals surface area contributed by atoms with Crippen molar-refractivity contribution in [3.63, 3.8) is 0 Å². The molecule has 0 bridgehead atoms. The molecule has 10 heteroatoms. The molecule has 168 valence electrons. The maximum Gasteiger partial charge on any atom is 0.409 e. The van der Waals surface area contributed by atoms with Gasteiger partial charge in [0.1, 0.15) is 11.4 Å². The predicted octanol–water partition coefficient (Wildman–Crippen LogP) is 3.19. The fourth-order valence-corrected chi connectivity index (χ4v) is 3.86. The lowest BCUT2D eigenvalue weighted by Gasteiger charge is -2.34. The molecule has 2 aliphatic rings. The van der Waals surface area contributed by atoms with E-state index in [4.69, 9.17) is 10.5 Å². The van der Waals surface area contributed by atoms with Gasteiger partial charge in [0, 0.05) is 25.0 Å². The summed E-state index contributed by atoms with van der Waals surface area (Å²) in [5.41, 5.74) is 6.21. The number of nitrogens with one attached hydrogen (secondary N) is 1. The van der Waals surface area contributed by atoms with Gasteiger partial charge in [-0.2, -0.15) is 10.4 Å². The molecule has 0 spiro atoms. The number of anilines is 2. The molecule has 0 unspecified atom stereocenters. The van der Waals surface area contributed by atoms with Gasteiger partial charge in [-0.05, 0) is 43.0 Å². The second-order valence-corrected chi connectivity index (χ2v) is 8.25. The number of nitrogens with zero attached hydrogens (tertiary/aromatic N) is 4. The van der Waals surface area contributed by atoms with Gasteiger partial charge in [0.05, 0.1) is 24.6 Å². The number of hydrogen-bond donors (Lipinski definition) is 2. The first kappa shape index (κ1) is 21.6. The van der Waals surface area contributed by atoms with E-state index in [0.717, 1.165) is 6.42 Å². The standard InChI is InChI=1S/C22H25FN6O3/c23-16-3-5-17(6-4-16)26-21-18(20(25)30)13-29(27-21)19-7-9-28(12-15(19)11-24)22(31)32-10-8-14-1-2-14/h3-6,13-15,19H,1-2,7-10,12H2,(H2,25,30)(H,26,27)/t15-,19-/m0/s1. The average Bonchev–Trinajstić information content (AvgIpc) is 3.52. The van der Waals surface area contributed by atoms with Crippen LogP contribution >= 0.6 is 0 Å². The van der Waals surface area contributed by atoms with Crippen LogP contribution in [0.4, 0.5) is 20.7 Å². The van der Waals surface area contributed by atoms with Crippen LogP contribution in [0.15, 0.2) is 30.5 Å². The zero-order chi connectivity index (χ0) is 22.7. The minimum Gasteiger partial charge on any atom is -0.449 e. The van der Waals surface area contributed by atoms with Crippen molar-refractivity contribution in [1.29, 1.82) is 5.26 Å². The number of rotatable bonds is 7. The lowest BCUT2D eigenvalue weighted by atomic mass is 9.94. The summed E-state index contributed by atoms with van der Waals surface area (Å²) in [6, 6.07) is 7.52. The summed E-state index contributed by atoms with van der Waals surface area (Å²) >= 11 is 0. The van der Waals surface area contributed by atoms with E-state index < -0.39 is 17.9 Å². The van der Waals surface area contributed by atoms with Crippen molar-refractivity contribution in [3.8, 4) is 6.07 Å². The van der Waals surface area contributed by atoms with Crippen LogP contribution in [-0.4, -0.2) is 46.4 Å². The Bertz CT molecular complexity index is 1030. The lowest BCUT2D eigenvalue weighted by molar-refractivity contribution is 0.0762. The van der Waals surface area contributed by atoms with E-state index in [9.17, 15) is 19.2 Å². The number of halogens is 1. The van der Waals surface area contributed by atoms with Crippen molar-refractivity contribution < 1.29 is 18.7 Å². The van der Waals surface area contributed by atoms with Crippen LogP contribution in [-0.2, 0) is 4.74 Å². The van der Waals surface area contributed by atoms with Gasteiger partial charge in [-0.15, -0.1) is 0 Å². The number of likely N-dealkylation sites (tertiary alicyclic amines) is 1. The number of nitrogens with two attached hydrogens (primary N) is 1. The normalized spacial score (nSPS) is 20.4. The van der Waals surface area contributed by atoms with Crippen molar-refractivity contribution in [3.05, 3.63) is 41.8 Å². The second kappa shape index (κ2) is 9.26. The Morgan fingerprint density at radius 3 is 2.69 bits per heavy atom. The summed E-state index contributed by atoms with van der Waals surface area (Å²) in [4.78, 5) is 25.8. The molecule has 1 aromatic heterocycles. The predicted molar refractivity (Wildman–Crippen MR) is 113 cm³/mol. The van der Waals surface area contributed by atoms with E-state index in [0.29, 0.717) is 31.2 Å². The van der Waals surface area contributed by atoms with Gasteiger partial charge in [-0.25, -0.2) is 9.18 Å². The van der Waals surface area contributed by atoms with Gasteiger partial charge in [-0.3, -0.25) is 9.48 Å². The number of nitriles is 1. The number of hydrogen-bond acceptors (Lipinski definition) is 6. The van der Waals surface area contributed by atoms with Gasteiger partial charge in [-0.1, -0.05) is 12.8 Å². The zero-order valence-electron chi connectivity index (χ0n) is 17.5. The van der Waals surface area contributed by atoms with Crippen molar-refractivity contribution in [2.24, 2.45) is 17.6 Å². The maximum absolute atomic E-state index is 13.2. The van der Waals surface area contributed by atoms with Crippen LogP contribution in [0.3, 0.4) is 0 Å². The molecule has 2 aromatic rings. The number of carbonyl (C=O) groups is 2. The number of benzene rings is 1. The molecule has 1 aliphatic carbocycles. The summed E-state index contributed by atoms with van der Waals surface area (Å²) in [5, 5.41) is 17.1. The van der Waals surface area contributed by atoms with Gasteiger partial charge < -0.3 is 20.7 Å². The monoisotopic (exact) mass is 440 g/mol. The molecule has 0 radical (unpaired) electrons. The summed E-state index contributed by atoms with van der Waals surface area (Å²) in [6.07, 6.45) is 4.87. The molecular weight excluding hydrogens is 415 g/mol. The molecule has 9 nitrogen and oxygen atoms in total. The number of ether oxygens (including phenoxy) is 1. The highest BCUT2D eigenvalue weighted by atomic mass is 19.1. The van der Waals surface area contributed by atoms with Crippen molar-refractivity contribution >= 4 is 23.5 Å². The van der Waals surface area contributed by atoms with Crippen molar-refractivity contribution in [2.45, 2.75) is 31.7 Å². The molecule has 2 amide bonds. The molecule has 32 heavy (non-hydrogen) atoms. The number of carbonyl (C=O) groups excluding carboxylic acids is 2. The minimum absolute atomic E-state index is 0.160. The third-order valence-electron chi connectivity index (χ3n) is 5.89. The Labute approximate surface area is 184 Å². The molecule has 1 saturated carbocycles. The second-order valence-electron chi connectivity index (χ2n) is 8.25. The minimum atomic E-state index is -0.675. The van der Waals surface area contributed by atoms with Crippen LogP contribution in [0.1, 0.15) is 42.1 Å². The van der Waals surface area contributed by atoms with Gasteiger partial charge in [0.2, 0.25) is 0 Å². The van der Waals surface area contributed by atoms with E-state index in [2.05, 4.69) is 16.5 Å². The Balaban J connectivity index is 1.45. The fraction of sp³-hybridized carbons (Fsp3) is 0.455. The van der Waals surface area contributed by atoms with Crippen LogP contribution < -0.4 is 11.1 Å². The van der Waals surface area contributed by atoms with Crippen LogP contribution in [0.5, 0.6) is 0 Å². The van der Waals surface area contributed by atoms with Gasteiger partial charge in [0.15, 0.2) is 5.82 Å². The van der Waals surface area contributed by atoms with Crippen molar-refractivity contribution in [1.82, 2.24) is 14.7 Å². The highest BCUT2D eigenvalue weighted by Gasteiger charge is 2.35. The topological polar surface area (TPSA) is 126 Å². The molecule has 1 aromatic carbocycles. The molecule has 4 rings (SSSR count). The summed E-state index contributed by atoms with van der Waals surface area (Å²) in [7, 11) is 0. The first-order chi connectivity index (χ1) is 15.4. The summed E-state index contributed by atoms with van der Waals surface area (Å²) in [5.74, 6) is -0.684. The first-order valence-corrected chi connectivity index (χ1v) is 10.7. The zero-order valence-corrected chi connectivity index (χ0v) is 17.5. The summed E-state index contributed by atoms with van der Waals surface area (Å²) in [6.45, 7) is 1.04. The Kier molecular flexibility index (Phi) is 6.25. The Hall–Kier alpha value is -3.61. The van der Waals surface area contributed by atoms with Crippen LogP contribution in [0.25, 0.3) is 0 Å². The number of piperidine rings is 1. The maximum atomic E-state index is 13.2. The Morgan fingerprint density at radius 1 is 1.28 bits per heavy atom. The quantitative estimate of drug-likeness (QED) is 0.681.